The summed E-state index contributed by atoms with van der Waals surface area (Å²) in [6.45, 7) is 9.85. The number of hydrogen-bond donors (Lipinski definition) is 1. The Kier molecular flexibility index (Phi) is 5.43. The van der Waals surface area contributed by atoms with Crippen LogP contribution in [0.1, 0.15) is 42.1 Å². The highest BCUT2D eigenvalue weighted by molar-refractivity contribution is 5.81. The molecule has 3 nitrogen and oxygen atoms in total. The molecule has 0 spiro atoms. The standard InChI is InChI=1S/C20H25NO2/c1-13-11-14(2)15(3)19(12-13)23-17(5)20(22)21-16(4)18-9-7-6-8-10-18/h6-12,16-17H,1-5H3,(H,21,22)/t16-,17-/m0/s1. The van der Waals surface area contributed by atoms with Gasteiger partial charge in [-0.1, -0.05) is 36.4 Å². The molecule has 0 aliphatic heterocycles. The van der Waals surface area contributed by atoms with Crippen LogP contribution in [0.3, 0.4) is 0 Å². The van der Waals surface area contributed by atoms with Crippen molar-refractivity contribution >= 4 is 5.91 Å². The molecule has 3 heteroatoms. The van der Waals surface area contributed by atoms with E-state index in [4.69, 9.17) is 4.74 Å². The Morgan fingerprint density at radius 2 is 1.70 bits per heavy atom. The molecule has 2 rings (SSSR count). The van der Waals surface area contributed by atoms with Crippen molar-refractivity contribution in [3.05, 3.63) is 64.7 Å². The highest BCUT2D eigenvalue weighted by atomic mass is 16.5. The van der Waals surface area contributed by atoms with Gasteiger partial charge in [-0.25, -0.2) is 0 Å². The Balaban J connectivity index is 2.03. The van der Waals surface area contributed by atoms with Gasteiger partial charge < -0.3 is 10.1 Å². The molecule has 0 aliphatic rings. The molecule has 0 saturated carbocycles. The second kappa shape index (κ2) is 7.32. The van der Waals surface area contributed by atoms with Gasteiger partial charge in [0.05, 0.1) is 6.04 Å². The molecule has 0 fully saturated rings. The molecule has 2 aromatic rings. The fourth-order valence-electron chi connectivity index (χ4n) is 2.52. The lowest BCUT2D eigenvalue weighted by atomic mass is 10.1. The minimum Gasteiger partial charge on any atom is -0.481 e. The normalized spacial score (nSPS) is 13.3. The molecule has 0 saturated heterocycles. The maximum absolute atomic E-state index is 12.4. The number of ether oxygens (including phenoxy) is 1. The molecule has 23 heavy (non-hydrogen) atoms. The Labute approximate surface area is 138 Å². The number of carbonyl (C=O) groups is 1. The van der Waals surface area contributed by atoms with Crippen LogP contribution < -0.4 is 10.1 Å². The quantitative estimate of drug-likeness (QED) is 0.896. The van der Waals surface area contributed by atoms with Crippen molar-refractivity contribution in [1.82, 2.24) is 5.32 Å². The molecular formula is C20H25NO2. The number of aryl methyl sites for hydroxylation is 2. The number of rotatable bonds is 5. The summed E-state index contributed by atoms with van der Waals surface area (Å²) < 4.78 is 5.89. The lowest BCUT2D eigenvalue weighted by Gasteiger charge is -2.20. The van der Waals surface area contributed by atoms with Crippen LogP contribution in [0.2, 0.25) is 0 Å². The smallest absolute Gasteiger partial charge is 0.261 e. The van der Waals surface area contributed by atoms with Crippen molar-refractivity contribution in [3.8, 4) is 5.75 Å². The van der Waals surface area contributed by atoms with Gasteiger partial charge >= 0.3 is 0 Å². The molecule has 0 heterocycles. The van der Waals surface area contributed by atoms with E-state index in [-0.39, 0.29) is 11.9 Å². The van der Waals surface area contributed by atoms with Crippen LogP contribution in [0.15, 0.2) is 42.5 Å². The molecule has 1 N–H and O–H groups in total. The minimum absolute atomic E-state index is 0.0462. The van der Waals surface area contributed by atoms with Gasteiger partial charge in [0.15, 0.2) is 6.10 Å². The first kappa shape index (κ1) is 17.1. The molecule has 0 bridgehead atoms. The lowest BCUT2D eigenvalue weighted by molar-refractivity contribution is -0.127. The number of nitrogens with one attached hydrogen (secondary N) is 1. The van der Waals surface area contributed by atoms with Crippen molar-refractivity contribution in [2.75, 3.05) is 0 Å². The zero-order chi connectivity index (χ0) is 17.0. The van der Waals surface area contributed by atoms with Gasteiger partial charge in [0, 0.05) is 0 Å². The van der Waals surface area contributed by atoms with Crippen molar-refractivity contribution < 1.29 is 9.53 Å². The molecule has 0 aliphatic carbocycles. The van der Waals surface area contributed by atoms with Gasteiger partial charge in [-0.3, -0.25) is 4.79 Å². The van der Waals surface area contributed by atoms with E-state index in [2.05, 4.69) is 18.3 Å². The summed E-state index contributed by atoms with van der Waals surface area (Å²) in [6.07, 6.45) is -0.541. The number of benzene rings is 2. The second-order valence-electron chi connectivity index (χ2n) is 6.11. The molecule has 2 atom stereocenters. The van der Waals surface area contributed by atoms with Crippen LogP contribution in [0.5, 0.6) is 5.75 Å². The summed E-state index contributed by atoms with van der Waals surface area (Å²) in [5.41, 5.74) is 4.46. The Bertz CT molecular complexity index is 680. The first-order valence-corrected chi connectivity index (χ1v) is 7.98. The molecule has 1 amide bonds. The third-order valence-corrected chi connectivity index (χ3v) is 4.10. The van der Waals surface area contributed by atoms with Gasteiger partial charge in [0.25, 0.3) is 5.91 Å². The van der Waals surface area contributed by atoms with Crippen molar-refractivity contribution in [3.63, 3.8) is 0 Å². The van der Waals surface area contributed by atoms with Gasteiger partial charge in [0.2, 0.25) is 0 Å². The first-order valence-electron chi connectivity index (χ1n) is 7.98. The largest absolute Gasteiger partial charge is 0.481 e. The van der Waals surface area contributed by atoms with Crippen LogP contribution in [0.4, 0.5) is 0 Å². The van der Waals surface area contributed by atoms with Gasteiger partial charge in [0.1, 0.15) is 5.75 Å². The molecular weight excluding hydrogens is 286 g/mol. The third-order valence-electron chi connectivity index (χ3n) is 4.10. The second-order valence-corrected chi connectivity index (χ2v) is 6.11. The summed E-state index contributed by atoms with van der Waals surface area (Å²) >= 11 is 0. The highest BCUT2D eigenvalue weighted by Gasteiger charge is 2.18. The third kappa shape index (κ3) is 4.35. The predicted octanol–water partition coefficient (Wildman–Crippen LogP) is 4.26. The monoisotopic (exact) mass is 311 g/mol. The zero-order valence-corrected chi connectivity index (χ0v) is 14.5. The van der Waals surface area contributed by atoms with Crippen molar-refractivity contribution in [2.24, 2.45) is 0 Å². The van der Waals surface area contributed by atoms with Gasteiger partial charge in [-0.05, 0) is 62.9 Å². The van der Waals surface area contributed by atoms with Crippen LogP contribution in [-0.4, -0.2) is 12.0 Å². The summed E-state index contributed by atoms with van der Waals surface area (Å²) in [6, 6.07) is 14.0. The Morgan fingerprint density at radius 3 is 2.35 bits per heavy atom. The van der Waals surface area contributed by atoms with E-state index in [1.54, 1.807) is 6.92 Å². The topological polar surface area (TPSA) is 38.3 Å². The van der Waals surface area contributed by atoms with Gasteiger partial charge in [-0.15, -0.1) is 0 Å². The molecule has 2 aromatic carbocycles. The molecule has 0 unspecified atom stereocenters. The van der Waals surface area contributed by atoms with E-state index in [9.17, 15) is 4.79 Å². The number of hydrogen-bond acceptors (Lipinski definition) is 2. The predicted molar refractivity (Wildman–Crippen MR) is 93.7 cm³/mol. The van der Waals surface area contributed by atoms with Crippen LogP contribution >= 0.6 is 0 Å². The Hall–Kier alpha value is -2.29. The van der Waals surface area contributed by atoms with E-state index < -0.39 is 6.10 Å². The fourth-order valence-corrected chi connectivity index (χ4v) is 2.52. The first-order chi connectivity index (χ1) is 10.9. The van der Waals surface area contributed by atoms with E-state index in [0.29, 0.717) is 0 Å². The van der Waals surface area contributed by atoms with Crippen molar-refractivity contribution in [1.29, 1.82) is 0 Å². The molecule has 0 aromatic heterocycles. The summed E-state index contributed by atoms with van der Waals surface area (Å²) in [5, 5.41) is 3.00. The average Bonchev–Trinajstić information content (AvgIpc) is 2.52. The fraction of sp³-hybridized carbons (Fsp3) is 0.350. The maximum Gasteiger partial charge on any atom is 0.261 e. The van der Waals surface area contributed by atoms with Crippen LogP contribution in [0, 0.1) is 20.8 Å². The lowest BCUT2D eigenvalue weighted by Crippen LogP contribution is -2.37. The molecule has 122 valence electrons. The van der Waals surface area contributed by atoms with E-state index in [0.717, 1.165) is 22.4 Å². The molecule has 0 radical (unpaired) electrons. The van der Waals surface area contributed by atoms with Crippen molar-refractivity contribution in [2.45, 2.75) is 46.8 Å². The number of carbonyl (C=O) groups excluding carboxylic acids is 1. The average molecular weight is 311 g/mol. The minimum atomic E-state index is -0.541. The van der Waals surface area contributed by atoms with E-state index in [1.165, 1.54) is 5.56 Å². The summed E-state index contributed by atoms with van der Waals surface area (Å²) in [5.74, 6) is 0.664. The van der Waals surface area contributed by atoms with E-state index >= 15 is 0 Å². The van der Waals surface area contributed by atoms with Crippen LogP contribution in [-0.2, 0) is 4.79 Å². The zero-order valence-electron chi connectivity index (χ0n) is 14.5. The van der Waals surface area contributed by atoms with Crippen LogP contribution in [0.25, 0.3) is 0 Å². The number of amides is 1. The van der Waals surface area contributed by atoms with Gasteiger partial charge in [-0.2, -0.15) is 0 Å². The summed E-state index contributed by atoms with van der Waals surface area (Å²) in [4.78, 5) is 12.4. The van der Waals surface area contributed by atoms with E-state index in [1.807, 2.05) is 57.2 Å². The SMILES string of the molecule is Cc1cc(C)c(C)c(O[C@@H](C)C(=O)N[C@@H](C)c2ccccc2)c1. The highest BCUT2D eigenvalue weighted by Crippen LogP contribution is 2.24. The summed E-state index contributed by atoms with van der Waals surface area (Å²) in [7, 11) is 0. The Morgan fingerprint density at radius 1 is 1.04 bits per heavy atom. The maximum atomic E-state index is 12.4.